The van der Waals surface area contributed by atoms with Gasteiger partial charge in [-0.2, -0.15) is 5.10 Å². The average Bonchev–Trinajstić information content (AvgIpc) is 2.58. The summed E-state index contributed by atoms with van der Waals surface area (Å²) in [5, 5.41) is 6.35. The molecule has 2 aromatic rings. The van der Waals surface area contributed by atoms with Gasteiger partial charge in [0, 0.05) is 5.69 Å². The molecule has 0 heterocycles. The number of nitrogens with one attached hydrogen (secondary N) is 2. The molecule has 0 aliphatic rings. The predicted molar refractivity (Wildman–Crippen MR) is 93.3 cm³/mol. The normalized spacial score (nSPS) is 10.5. The van der Waals surface area contributed by atoms with E-state index < -0.39 is 11.8 Å². The molecule has 0 aliphatic heterocycles. The molecule has 0 spiro atoms. The van der Waals surface area contributed by atoms with Gasteiger partial charge in [-0.1, -0.05) is 12.1 Å². The van der Waals surface area contributed by atoms with Crippen molar-refractivity contribution in [1.82, 2.24) is 5.43 Å². The zero-order chi connectivity index (χ0) is 17.5. The number of benzene rings is 2. The van der Waals surface area contributed by atoms with E-state index in [1.165, 1.54) is 6.21 Å². The highest BCUT2D eigenvalue weighted by molar-refractivity contribution is 6.39. The van der Waals surface area contributed by atoms with Crippen LogP contribution in [0.1, 0.15) is 16.7 Å². The van der Waals surface area contributed by atoms with Crippen LogP contribution in [-0.4, -0.2) is 25.1 Å². The third kappa shape index (κ3) is 4.67. The Labute approximate surface area is 140 Å². The van der Waals surface area contributed by atoms with E-state index in [-0.39, 0.29) is 0 Å². The fourth-order valence-corrected chi connectivity index (χ4v) is 1.96. The third-order valence-corrected chi connectivity index (χ3v) is 3.34. The van der Waals surface area contributed by atoms with Crippen molar-refractivity contribution < 1.29 is 14.3 Å². The van der Waals surface area contributed by atoms with Crippen LogP contribution in [0.2, 0.25) is 0 Å². The maximum atomic E-state index is 11.9. The summed E-state index contributed by atoms with van der Waals surface area (Å²) in [6.45, 7) is 3.77. The quantitative estimate of drug-likeness (QED) is 0.515. The molecule has 0 radical (unpaired) electrons. The molecule has 124 valence electrons. The number of hydrazone groups is 1. The van der Waals surface area contributed by atoms with Gasteiger partial charge in [-0.05, 0) is 60.9 Å². The van der Waals surface area contributed by atoms with Crippen molar-refractivity contribution >= 4 is 23.7 Å². The molecule has 0 atom stereocenters. The lowest BCUT2D eigenvalue weighted by atomic mass is 10.1. The van der Waals surface area contributed by atoms with Crippen LogP contribution < -0.4 is 15.5 Å². The minimum atomic E-state index is -0.833. The second kappa shape index (κ2) is 7.92. The van der Waals surface area contributed by atoms with Gasteiger partial charge in [0.25, 0.3) is 0 Å². The van der Waals surface area contributed by atoms with E-state index in [0.29, 0.717) is 5.69 Å². The van der Waals surface area contributed by atoms with Crippen molar-refractivity contribution in [2.24, 2.45) is 5.10 Å². The molecule has 0 unspecified atom stereocenters. The van der Waals surface area contributed by atoms with E-state index in [1.54, 1.807) is 37.4 Å². The first-order valence-corrected chi connectivity index (χ1v) is 7.35. The summed E-state index contributed by atoms with van der Waals surface area (Å²) in [5.41, 5.74) is 5.45. The third-order valence-electron chi connectivity index (χ3n) is 3.34. The standard InChI is InChI=1S/C18H19N3O3/c1-12-4-5-13(2)16(10-12)20-17(22)18(23)21-19-11-14-6-8-15(24-3)9-7-14/h4-11H,1-3H3,(H,20,22)(H,21,23)/b19-11+. The molecule has 2 aromatic carbocycles. The van der Waals surface area contributed by atoms with Crippen LogP contribution in [-0.2, 0) is 9.59 Å². The van der Waals surface area contributed by atoms with Crippen molar-refractivity contribution in [3.8, 4) is 5.75 Å². The summed E-state index contributed by atoms with van der Waals surface area (Å²) in [7, 11) is 1.58. The molecular weight excluding hydrogens is 306 g/mol. The number of methoxy groups -OCH3 is 1. The molecule has 0 aromatic heterocycles. The monoisotopic (exact) mass is 325 g/mol. The first-order chi connectivity index (χ1) is 11.5. The fourth-order valence-electron chi connectivity index (χ4n) is 1.96. The number of hydrogen-bond acceptors (Lipinski definition) is 4. The Hall–Kier alpha value is -3.15. The van der Waals surface area contributed by atoms with Crippen LogP contribution in [0.15, 0.2) is 47.6 Å². The van der Waals surface area contributed by atoms with Gasteiger partial charge < -0.3 is 10.1 Å². The number of ether oxygens (including phenoxy) is 1. The largest absolute Gasteiger partial charge is 0.497 e. The molecule has 2 amide bonds. The molecule has 0 saturated carbocycles. The first-order valence-electron chi connectivity index (χ1n) is 7.35. The van der Waals surface area contributed by atoms with Crippen LogP contribution in [0.4, 0.5) is 5.69 Å². The van der Waals surface area contributed by atoms with Crippen molar-refractivity contribution in [2.75, 3.05) is 12.4 Å². The van der Waals surface area contributed by atoms with E-state index in [4.69, 9.17) is 4.74 Å². The maximum absolute atomic E-state index is 11.9. The summed E-state index contributed by atoms with van der Waals surface area (Å²) in [4.78, 5) is 23.7. The highest BCUT2D eigenvalue weighted by Crippen LogP contribution is 2.16. The molecule has 0 saturated heterocycles. The smallest absolute Gasteiger partial charge is 0.329 e. The Morgan fingerprint density at radius 2 is 1.75 bits per heavy atom. The number of carbonyl (C=O) groups is 2. The predicted octanol–water partition coefficient (Wildman–Crippen LogP) is 2.40. The van der Waals surface area contributed by atoms with E-state index in [1.807, 2.05) is 26.0 Å². The Bertz CT molecular complexity index is 768. The van der Waals surface area contributed by atoms with Gasteiger partial charge in [-0.25, -0.2) is 5.43 Å². The van der Waals surface area contributed by atoms with Gasteiger partial charge in [0.05, 0.1) is 13.3 Å². The van der Waals surface area contributed by atoms with E-state index in [2.05, 4.69) is 15.8 Å². The molecule has 0 fully saturated rings. The summed E-state index contributed by atoms with van der Waals surface area (Å²) >= 11 is 0. The lowest BCUT2D eigenvalue weighted by Crippen LogP contribution is -2.32. The molecule has 24 heavy (non-hydrogen) atoms. The van der Waals surface area contributed by atoms with Gasteiger partial charge >= 0.3 is 11.8 Å². The number of hydrogen-bond donors (Lipinski definition) is 2. The number of carbonyl (C=O) groups excluding carboxylic acids is 2. The van der Waals surface area contributed by atoms with Crippen molar-refractivity contribution in [3.63, 3.8) is 0 Å². The Morgan fingerprint density at radius 3 is 2.42 bits per heavy atom. The SMILES string of the molecule is COc1ccc(/C=N/NC(=O)C(=O)Nc2cc(C)ccc2C)cc1. The summed E-state index contributed by atoms with van der Waals surface area (Å²) in [5.74, 6) is -0.875. The second-order valence-corrected chi connectivity index (χ2v) is 5.24. The van der Waals surface area contributed by atoms with Crippen molar-refractivity contribution in [3.05, 3.63) is 59.2 Å². The van der Waals surface area contributed by atoms with Crippen molar-refractivity contribution in [2.45, 2.75) is 13.8 Å². The van der Waals surface area contributed by atoms with Crippen LogP contribution in [0.5, 0.6) is 5.75 Å². The second-order valence-electron chi connectivity index (χ2n) is 5.24. The van der Waals surface area contributed by atoms with Crippen molar-refractivity contribution in [1.29, 1.82) is 0 Å². The maximum Gasteiger partial charge on any atom is 0.329 e. The molecule has 2 N–H and O–H groups in total. The van der Waals surface area contributed by atoms with Crippen LogP contribution >= 0.6 is 0 Å². The number of rotatable bonds is 4. The molecule has 2 rings (SSSR count). The minimum absolute atomic E-state index is 0.606. The van der Waals surface area contributed by atoms with Gasteiger partial charge in [0.15, 0.2) is 0 Å². The van der Waals surface area contributed by atoms with Gasteiger partial charge in [0.2, 0.25) is 0 Å². The lowest BCUT2D eigenvalue weighted by Gasteiger charge is -2.08. The summed E-state index contributed by atoms with van der Waals surface area (Å²) < 4.78 is 5.05. The number of aryl methyl sites for hydroxylation is 2. The van der Waals surface area contributed by atoms with E-state index >= 15 is 0 Å². The average molecular weight is 325 g/mol. The molecule has 0 bridgehead atoms. The summed E-state index contributed by atoms with van der Waals surface area (Å²) in [6, 6.07) is 12.7. The zero-order valence-corrected chi connectivity index (χ0v) is 13.8. The van der Waals surface area contributed by atoms with Gasteiger partial charge in [-0.15, -0.1) is 0 Å². The summed E-state index contributed by atoms with van der Waals surface area (Å²) in [6.07, 6.45) is 1.45. The molecular formula is C18H19N3O3. The van der Waals surface area contributed by atoms with E-state index in [0.717, 1.165) is 22.4 Å². The number of nitrogens with zero attached hydrogens (tertiary/aromatic N) is 1. The highest BCUT2D eigenvalue weighted by atomic mass is 16.5. The van der Waals surface area contributed by atoms with Crippen LogP contribution in [0.25, 0.3) is 0 Å². The zero-order valence-electron chi connectivity index (χ0n) is 13.8. The van der Waals surface area contributed by atoms with Crippen LogP contribution in [0.3, 0.4) is 0 Å². The Kier molecular flexibility index (Phi) is 5.68. The molecule has 6 heteroatoms. The van der Waals surface area contributed by atoms with Gasteiger partial charge in [0.1, 0.15) is 5.75 Å². The molecule has 6 nitrogen and oxygen atoms in total. The Balaban J connectivity index is 1.92. The van der Waals surface area contributed by atoms with Crippen LogP contribution in [0, 0.1) is 13.8 Å². The Morgan fingerprint density at radius 1 is 1.04 bits per heavy atom. The minimum Gasteiger partial charge on any atom is -0.497 e. The van der Waals surface area contributed by atoms with Gasteiger partial charge in [-0.3, -0.25) is 9.59 Å². The highest BCUT2D eigenvalue weighted by Gasteiger charge is 2.13. The topological polar surface area (TPSA) is 79.8 Å². The number of anilines is 1. The lowest BCUT2D eigenvalue weighted by molar-refractivity contribution is -0.136. The molecule has 0 aliphatic carbocycles. The fraction of sp³-hybridized carbons (Fsp3) is 0.167. The van der Waals surface area contributed by atoms with E-state index in [9.17, 15) is 9.59 Å². The first kappa shape index (κ1) is 17.2. The number of amides is 2.